The number of para-hydroxylation sites is 1. The van der Waals surface area contributed by atoms with Gasteiger partial charge in [-0.05, 0) is 56.4 Å². The summed E-state index contributed by atoms with van der Waals surface area (Å²) in [5.74, 6) is -3.73. The van der Waals surface area contributed by atoms with Crippen molar-refractivity contribution in [2.24, 2.45) is 5.92 Å². The Bertz CT molecular complexity index is 1690. The first-order valence-electron chi connectivity index (χ1n) is 17.0. The van der Waals surface area contributed by atoms with Crippen LogP contribution in [-0.4, -0.2) is 77.9 Å². The van der Waals surface area contributed by atoms with Crippen molar-refractivity contribution in [1.29, 1.82) is 0 Å². The molecule has 3 amide bonds. The van der Waals surface area contributed by atoms with E-state index in [0.29, 0.717) is 18.4 Å². The molecule has 2 heterocycles. The van der Waals surface area contributed by atoms with Gasteiger partial charge in [-0.3, -0.25) is 14.5 Å². The number of nitrogens with one attached hydrogen (secondary N) is 3. The summed E-state index contributed by atoms with van der Waals surface area (Å²) in [7, 11) is 1.21. The average molecular weight is 717 g/mol. The molecule has 3 aromatic rings. The van der Waals surface area contributed by atoms with Crippen LogP contribution >= 0.6 is 0 Å². The quantitative estimate of drug-likeness (QED) is 0.193. The highest BCUT2D eigenvalue weighted by Crippen LogP contribution is 2.34. The number of amides is 3. The molecule has 0 radical (unpaired) electrons. The van der Waals surface area contributed by atoms with Crippen LogP contribution in [-0.2, 0) is 41.2 Å². The van der Waals surface area contributed by atoms with Gasteiger partial charge in [0, 0.05) is 36.5 Å². The van der Waals surface area contributed by atoms with Crippen LogP contribution in [0.4, 0.5) is 18.0 Å². The number of hydrogen-bond donors (Lipinski definition) is 3. The molecule has 278 valence electrons. The van der Waals surface area contributed by atoms with Gasteiger partial charge in [-0.1, -0.05) is 56.7 Å². The molecule has 1 fully saturated rings. The first-order chi connectivity index (χ1) is 24.0. The molecule has 51 heavy (non-hydrogen) atoms. The number of carbonyl (C=O) groups excluding carboxylic acids is 4. The largest absolute Gasteiger partial charge is 0.467 e. The summed E-state index contributed by atoms with van der Waals surface area (Å²) in [6.07, 6.45) is -3.92. The molecule has 0 aliphatic carbocycles. The van der Waals surface area contributed by atoms with Crippen LogP contribution in [0.1, 0.15) is 76.5 Å². The summed E-state index contributed by atoms with van der Waals surface area (Å²) in [5.41, 5.74) is -0.306. The van der Waals surface area contributed by atoms with Crippen LogP contribution in [0.2, 0.25) is 0 Å². The van der Waals surface area contributed by atoms with Crippen LogP contribution in [0.5, 0.6) is 0 Å². The van der Waals surface area contributed by atoms with Gasteiger partial charge in [-0.25, -0.2) is 9.59 Å². The molecule has 3 N–H and O–H groups in total. The fraction of sp³-hybridized carbons (Fsp3) is 0.514. The molecule has 2 aromatic carbocycles. The molecule has 0 bridgehead atoms. The third kappa shape index (κ3) is 10.2. The van der Waals surface area contributed by atoms with Crippen molar-refractivity contribution >= 4 is 34.8 Å². The molecular weight excluding hydrogens is 669 g/mol. The predicted molar refractivity (Wildman–Crippen MR) is 183 cm³/mol. The van der Waals surface area contributed by atoms with E-state index in [0.717, 1.165) is 23.0 Å². The van der Waals surface area contributed by atoms with Crippen molar-refractivity contribution in [3.8, 4) is 0 Å². The molecule has 11 nitrogen and oxygen atoms in total. The number of alkyl halides is 3. The Morgan fingerprint density at radius 2 is 1.76 bits per heavy atom. The number of hydrogen-bond acceptors (Lipinski definition) is 7. The number of aromatic amines is 1. The normalized spacial score (nSPS) is 17.6. The van der Waals surface area contributed by atoms with E-state index in [2.05, 4.69) is 15.6 Å². The highest BCUT2D eigenvalue weighted by Gasteiger charge is 2.39. The lowest BCUT2D eigenvalue weighted by Gasteiger charge is -2.38. The molecule has 2 unspecified atom stereocenters. The maximum atomic E-state index is 14.4. The van der Waals surface area contributed by atoms with Gasteiger partial charge in [-0.15, -0.1) is 0 Å². The van der Waals surface area contributed by atoms with Gasteiger partial charge in [0.15, 0.2) is 0 Å². The monoisotopic (exact) mass is 716 g/mol. The van der Waals surface area contributed by atoms with Crippen molar-refractivity contribution in [2.45, 2.75) is 96.3 Å². The van der Waals surface area contributed by atoms with Crippen LogP contribution in [0.3, 0.4) is 0 Å². The zero-order chi connectivity index (χ0) is 37.5. The smallest absolute Gasteiger partial charge is 0.416 e. The number of esters is 1. The molecule has 0 spiro atoms. The van der Waals surface area contributed by atoms with Crippen molar-refractivity contribution in [2.75, 3.05) is 20.3 Å². The number of aromatic nitrogens is 1. The second kappa shape index (κ2) is 16.6. The number of rotatable bonds is 12. The van der Waals surface area contributed by atoms with Crippen LogP contribution in [0.15, 0.2) is 54.7 Å². The lowest BCUT2D eigenvalue weighted by molar-refractivity contribution is -0.147. The van der Waals surface area contributed by atoms with Gasteiger partial charge >= 0.3 is 18.2 Å². The first-order valence-corrected chi connectivity index (χ1v) is 17.0. The number of carbonyl (C=O) groups is 4. The lowest BCUT2D eigenvalue weighted by atomic mass is 9.91. The number of nitrogens with zero attached hydrogens (tertiary/aromatic N) is 1. The number of H-pyrrole nitrogens is 1. The predicted octanol–water partition coefficient (Wildman–Crippen LogP) is 6.08. The zero-order valence-corrected chi connectivity index (χ0v) is 29.8. The molecule has 1 aliphatic heterocycles. The molecule has 4 rings (SSSR count). The molecule has 5 atom stereocenters. The Hall–Kier alpha value is -4.59. The number of methoxy groups -OCH3 is 1. The van der Waals surface area contributed by atoms with E-state index >= 15 is 0 Å². The minimum atomic E-state index is -4.70. The second-order valence-corrected chi connectivity index (χ2v) is 13.8. The fourth-order valence-electron chi connectivity index (χ4n) is 5.99. The standard InChI is InChI=1S/C37H47F3N4O7/c1-7-22(2)31(34(47)49-6)43-33(46)29(19-24-21-41-28-15-9-8-14-26(24)28)42-32(45)27(23-12-10-13-25(18-23)37(38,39)40)20-30-44(16-11-17-50-30)35(48)51-36(3,4)5/h8-10,12-15,18,21-22,27,29-31,41H,7,11,16-17,19-20H2,1-6H3,(H,42,45)(H,43,46)/t22-,27?,29-,30?,31-/m0/s1. The second-order valence-electron chi connectivity index (χ2n) is 13.8. The third-order valence-electron chi connectivity index (χ3n) is 8.90. The Labute approximate surface area is 295 Å². The van der Waals surface area contributed by atoms with Crippen molar-refractivity contribution in [3.63, 3.8) is 0 Å². The van der Waals surface area contributed by atoms with E-state index in [-0.39, 0.29) is 37.5 Å². The summed E-state index contributed by atoms with van der Waals surface area (Å²) in [6, 6.07) is 9.47. The Morgan fingerprint density at radius 1 is 1.04 bits per heavy atom. The maximum absolute atomic E-state index is 14.4. The van der Waals surface area contributed by atoms with Gasteiger partial charge in [0.05, 0.1) is 25.2 Å². The van der Waals surface area contributed by atoms with E-state index in [1.807, 2.05) is 31.2 Å². The van der Waals surface area contributed by atoms with Gasteiger partial charge in [0.25, 0.3) is 0 Å². The van der Waals surface area contributed by atoms with E-state index in [1.165, 1.54) is 24.1 Å². The average Bonchev–Trinajstić information content (AvgIpc) is 3.50. The Balaban J connectivity index is 1.73. The highest BCUT2D eigenvalue weighted by atomic mass is 19.4. The maximum Gasteiger partial charge on any atom is 0.416 e. The summed E-state index contributed by atoms with van der Waals surface area (Å²) >= 11 is 0. The topological polar surface area (TPSA) is 139 Å². The van der Waals surface area contributed by atoms with E-state index < -0.39 is 65.4 Å². The van der Waals surface area contributed by atoms with E-state index in [9.17, 15) is 32.3 Å². The molecule has 14 heteroatoms. The minimum absolute atomic E-state index is 0.0129. The van der Waals surface area contributed by atoms with Gasteiger partial charge in [-0.2, -0.15) is 13.2 Å². The van der Waals surface area contributed by atoms with Gasteiger partial charge in [0.1, 0.15) is 23.9 Å². The molecule has 1 aliphatic rings. The van der Waals surface area contributed by atoms with Gasteiger partial charge in [0.2, 0.25) is 11.8 Å². The van der Waals surface area contributed by atoms with Crippen LogP contribution < -0.4 is 10.6 Å². The van der Waals surface area contributed by atoms with E-state index in [4.69, 9.17) is 14.2 Å². The summed E-state index contributed by atoms with van der Waals surface area (Å²) in [6.45, 7) is 9.23. The Morgan fingerprint density at radius 3 is 2.43 bits per heavy atom. The van der Waals surface area contributed by atoms with Crippen LogP contribution in [0, 0.1) is 5.92 Å². The molecule has 1 aromatic heterocycles. The van der Waals surface area contributed by atoms with Crippen molar-refractivity contribution in [3.05, 3.63) is 71.4 Å². The third-order valence-corrected chi connectivity index (χ3v) is 8.90. The highest BCUT2D eigenvalue weighted by molar-refractivity contribution is 5.93. The van der Waals surface area contributed by atoms with E-state index in [1.54, 1.807) is 33.9 Å². The molecular formula is C37H47F3N4O7. The summed E-state index contributed by atoms with van der Waals surface area (Å²) in [4.78, 5) is 58.8. The summed E-state index contributed by atoms with van der Waals surface area (Å²) < 4.78 is 58.1. The Kier molecular flexibility index (Phi) is 12.8. The van der Waals surface area contributed by atoms with Gasteiger partial charge < -0.3 is 29.8 Å². The fourth-order valence-corrected chi connectivity index (χ4v) is 5.99. The minimum Gasteiger partial charge on any atom is -0.467 e. The lowest BCUT2D eigenvalue weighted by Crippen LogP contribution is -2.55. The molecule has 1 saturated heterocycles. The van der Waals surface area contributed by atoms with Crippen LogP contribution in [0.25, 0.3) is 10.9 Å². The zero-order valence-electron chi connectivity index (χ0n) is 29.8. The first kappa shape index (κ1) is 39.2. The number of fused-ring (bicyclic) bond motifs is 1. The summed E-state index contributed by atoms with van der Waals surface area (Å²) in [5, 5.41) is 6.32. The molecule has 0 saturated carbocycles. The number of benzene rings is 2. The number of halogens is 3. The van der Waals surface area contributed by atoms with Crippen molar-refractivity contribution < 1.29 is 46.6 Å². The van der Waals surface area contributed by atoms with Crippen molar-refractivity contribution in [1.82, 2.24) is 20.5 Å². The SMILES string of the molecule is CC[C@H](C)[C@H](NC(=O)[C@H](Cc1c[nH]c2ccccc12)NC(=O)C(CC1OCCCN1C(=O)OC(C)(C)C)c1cccc(C(F)(F)F)c1)C(=O)OC. The number of ether oxygens (including phenoxy) is 3.